The lowest BCUT2D eigenvalue weighted by Gasteiger charge is -2.15. The van der Waals surface area contributed by atoms with Crippen molar-refractivity contribution < 1.29 is 27.2 Å². The lowest BCUT2D eigenvalue weighted by atomic mass is 10.1. The Bertz CT molecular complexity index is 1310. The maximum absolute atomic E-state index is 13.2. The van der Waals surface area contributed by atoms with Crippen molar-refractivity contribution in [3.8, 4) is 0 Å². The Kier molecular flexibility index (Phi) is 5.38. The molecule has 0 saturated carbocycles. The molecule has 1 aliphatic heterocycles. The Balaban J connectivity index is 1.80. The molecule has 160 valence electrons. The summed E-state index contributed by atoms with van der Waals surface area (Å²) in [5.41, 5.74) is 1.36. The lowest BCUT2D eigenvalue weighted by molar-refractivity contribution is -0.122. The molecule has 0 bridgehead atoms. The van der Waals surface area contributed by atoms with Crippen LogP contribution in [0.15, 0.2) is 64.7 Å². The molecule has 1 N–H and O–H groups in total. The summed E-state index contributed by atoms with van der Waals surface area (Å²) in [6.45, 7) is 1.39. The van der Waals surface area contributed by atoms with Crippen LogP contribution < -0.4 is 5.32 Å². The van der Waals surface area contributed by atoms with Gasteiger partial charge >= 0.3 is 0 Å². The van der Waals surface area contributed by atoms with Gasteiger partial charge in [-0.15, -0.1) is 0 Å². The summed E-state index contributed by atoms with van der Waals surface area (Å²) in [5, 5.41) is 3.63. The maximum Gasteiger partial charge on any atom is 0.285 e. The van der Waals surface area contributed by atoms with Gasteiger partial charge in [0, 0.05) is 25.1 Å². The van der Waals surface area contributed by atoms with Crippen molar-refractivity contribution in [2.45, 2.75) is 6.92 Å². The summed E-state index contributed by atoms with van der Waals surface area (Å²) in [6.07, 6.45) is 0. The van der Waals surface area contributed by atoms with Crippen molar-refractivity contribution in [1.29, 1.82) is 0 Å². The van der Waals surface area contributed by atoms with Gasteiger partial charge in [-0.2, -0.15) is 0 Å². The molecule has 8 nitrogen and oxygen atoms in total. The molecule has 0 aliphatic carbocycles. The summed E-state index contributed by atoms with van der Waals surface area (Å²) in [7, 11) is -2.63. The van der Waals surface area contributed by atoms with Crippen LogP contribution in [-0.2, 0) is 19.6 Å². The van der Waals surface area contributed by atoms with Gasteiger partial charge in [0.15, 0.2) is 11.5 Å². The second-order valence-corrected chi connectivity index (χ2v) is 8.79. The van der Waals surface area contributed by atoms with Crippen molar-refractivity contribution in [1.82, 2.24) is 4.31 Å². The third-order valence-corrected chi connectivity index (χ3v) is 6.77. The predicted molar refractivity (Wildman–Crippen MR) is 116 cm³/mol. The number of rotatable bonds is 7. The van der Waals surface area contributed by atoms with E-state index in [1.165, 1.54) is 14.0 Å². The molecule has 1 aliphatic rings. The van der Waals surface area contributed by atoms with Gasteiger partial charge in [0.2, 0.25) is 0 Å². The number of anilines is 1. The first kappa shape index (κ1) is 20.8. The monoisotopic (exact) mass is 440 g/mol. The molecule has 0 saturated heterocycles. The van der Waals surface area contributed by atoms with E-state index in [1.807, 2.05) is 0 Å². The molecule has 0 radical (unpaired) electrons. The zero-order valence-corrected chi connectivity index (χ0v) is 17.7. The Morgan fingerprint density at radius 1 is 1.13 bits per heavy atom. The van der Waals surface area contributed by atoms with Crippen molar-refractivity contribution in [2.24, 2.45) is 0 Å². The van der Waals surface area contributed by atoms with Crippen LogP contribution in [0.25, 0.3) is 15.9 Å². The van der Waals surface area contributed by atoms with E-state index in [2.05, 4.69) is 5.32 Å². The predicted octanol–water partition coefficient (Wildman–Crippen LogP) is 3.23. The van der Waals surface area contributed by atoms with Crippen LogP contribution in [-0.4, -0.2) is 44.7 Å². The second-order valence-electron chi connectivity index (χ2n) is 6.99. The number of ketones is 1. The van der Waals surface area contributed by atoms with E-state index in [9.17, 15) is 18.0 Å². The number of nitrogens with zero attached hydrogens (tertiary/aromatic N) is 1. The number of Topliss-reactive ketones (excluding diaryl/α,β-unsaturated/α-hetero) is 1. The number of hydrogen-bond donors (Lipinski definition) is 1. The summed E-state index contributed by atoms with van der Waals surface area (Å²) in [5.74, 6) is -0.639. The zero-order chi connectivity index (χ0) is 22.2. The molecule has 9 heteroatoms. The van der Waals surface area contributed by atoms with Crippen LogP contribution in [0.1, 0.15) is 23.0 Å². The average Bonchev–Trinajstić information content (AvgIpc) is 3.24. The molecule has 0 unspecified atom stereocenters. The quantitative estimate of drug-likeness (QED) is 0.562. The number of amides is 1. The van der Waals surface area contributed by atoms with Crippen molar-refractivity contribution in [2.75, 3.05) is 25.6 Å². The first-order valence-electron chi connectivity index (χ1n) is 9.50. The highest BCUT2D eigenvalue weighted by Gasteiger charge is 2.44. The summed E-state index contributed by atoms with van der Waals surface area (Å²) in [4.78, 5) is 24.6. The van der Waals surface area contributed by atoms with E-state index in [0.717, 1.165) is 4.31 Å². The van der Waals surface area contributed by atoms with Gasteiger partial charge in [-0.1, -0.05) is 30.3 Å². The first-order chi connectivity index (χ1) is 14.8. The Hall–Kier alpha value is -3.43. The molecular formula is C22H20N2O6S. The maximum atomic E-state index is 13.2. The SMILES string of the molecule is COCCN1C(=O)C(Nc2ccc3oc(C(C)=O)cc3c2)=C(c2ccccc2)S1(=O)=O. The molecule has 3 aromatic rings. The number of hydrogen-bond acceptors (Lipinski definition) is 7. The van der Waals surface area contributed by atoms with Crippen LogP contribution in [0.3, 0.4) is 0 Å². The van der Waals surface area contributed by atoms with E-state index in [-0.39, 0.29) is 35.3 Å². The number of fused-ring (bicyclic) bond motifs is 1. The van der Waals surface area contributed by atoms with E-state index < -0.39 is 15.9 Å². The van der Waals surface area contributed by atoms with Crippen molar-refractivity contribution in [3.05, 3.63) is 71.6 Å². The molecule has 31 heavy (non-hydrogen) atoms. The third-order valence-electron chi connectivity index (χ3n) is 4.88. The lowest BCUT2D eigenvalue weighted by Crippen LogP contribution is -2.35. The fourth-order valence-corrected chi connectivity index (χ4v) is 5.07. The number of methoxy groups -OCH3 is 1. The number of nitrogens with one attached hydrogen (secondary N) is 1. The van der Waals surface area contributed by atoms with Gasteiger partial charge in [0.25, 0.3) is 15.9 Å². The van der Waals surface area contributed by atoms with E-state index in [1.54, 1.807) is 54.6 Å². The zero-order valence-electron chi connectivity index (χ0n) is 16.9. The minimum Gasteiger partial charge on any atom is -0.453 e. The first-order valence-corrected chi connectivity index (χ1v) is 10.9. The molecule has 1 aromatic heterocycles. The highest BCUT2D eigenvalue weighted by molar-refractivity contribution is 7.99. The van der Waals surface area contributed by atoms with Gasteiger partial charge < -0.3 is 14.5 Å². The van der Waals surface area contributed by atoms with Crippen molar-refractivity contribution >= 4 is 43.3 Å². The number of carbonyl (C=O) groups is 2. The molecule has 4 rings (SSSR count). The minimum absolute atomic E-state index is 0.0445. The van der Waals surface area contributed by atoms with Crippen LogP contribution >= 0.6 is 0 Å². The van der Waals surface area contributed by atoms with Crippen LogP contribution in [0, 0.1) is 0 Å². The van der Waals surface area contributed by atoms with Gasteiger partial charge in [0.1, 0.15) is 16.2 Å². The molecule has 0 spiro atoms. The van der Waals surface area contributed by atoms with E-state index in [4.69, 9.17) is 9.15 Å². The molecule has 1 amide bonds. The molecular weight excluding hydrogens is 420 g/mol. The Morgan fingerprint density at radius 2 is 1.87 bits per heavy atom. The number of sulfonamides is 1. The summed E-state index contributed by atoms with van der Waals surface area (Å²) < 4.78 is 37.7. The standard InChI is InChI=1S/C22H20N2O6S/c1-14(25)19-13-16-12-17(8-9-18(16)30-19)23-20-21(15-6-4-3-5-7-15)31(27,28)24(22(20)26)10-11-29-2/h3-9,12-13,23H,10-11H2,1-2H3. The van der Waals surface area contributed by atoms with E-state index in [0.29, 0.717) is 22.2 Å². The van der Waals surface area contributed by atoms with Gasteiger partial charge in [-0.05, 0) is 29.8 Å². The fourth-order valence-electron chi connectivity index (χ4n) is 3.40. The topological polar surface area (TPSA) is 106 Å². The molecule has 0 fully saturated rings. The molecule has 2 aromatic carbocycles. The van der Waals surface area contributed by atoms with Gasteiger partial charge in [-0.3, -0.25) is 9.59 Å². The van der Waals surface area contributed by atoms with Gasteiger partial charge in [-0.25, -0.2) is 12.7 Å². The fraction of sp³-hybridized carbons (Fsp3) is 0.182. The van der Waals surface area contributed by atoms with E-state index >= 15 is 0 Å². The normalized spacial score (nSPS) is 15.7. The highest BCUT2D eigenvalue weighted by Crippen LogP contribution is 2.36. The van der Waals surface area contributed by atoms with Crippen LogP contribution in [0.4, 0.5) is 5.69 Å². The second kappa shape index (κ2) is 8.01. The third kappa shape index (κ3) is 3.73. The minimum atomic E-state index is -4.06. The summed E-state index contributed by atoms with van der Waals surface area (Å²) in [6, 6.07) is 15.1. The molecule has 2 heterocycles. The largest absolute Gasteiger partial charge is 0.453 e. The smallest absolute Gasteiger partial charge is 0.285 e. The number of ether oxygens (including phenoxy) is 1. The highest BCUT2D eigenvalue weighted by atomic mass is 32.2. The average molecular weight is 440 g/mol. The van der Waals surface area contributed by atoms with Crippen LogP contribution in [0.5, 0.6) is 0 Å². The van der Waals surface area contributed by atoms with Gasteiger partial charge in [0.05, 0.1) is 13.2 Å². The van der Waals surface area contributed by atoms with Crippen LogP contribution in [0.2, 0.25) is 0 Å². The number of benzene rings is 2. The summed E-state index contributed by atoms with van der Waals surface area (Å²) >= 11 is 0. The Labute approximate surface area is 179 Å². The Morgan fingerprint density at radius 3 is 2.55 bits per heavy atom. The van der Waals surface area contributed by atoms with Crippen molar-refractivity contribution in [3.63, 3.8) is 0 Å². The molecule has 0 atom stereocenters. The number of carbonyl (C=O) groups excluding carboxylic acids is 2. The number of furan rings is 1.